The van der Waals surface area contributed by atoms with Crippen LogP contribution in [0, 0.1) is 0 Å². The zero-order valence-electron chi connectivity index (χ0n) is 14.2. The van der Waals surface area contributed by atoms with Gasteiger partial charge in [0.1, 0.15) is 0 Å². The Balaban J connectivity index is 1.47. The van der Waals surface area contributed by atoms with Crippen molar-refractivity contribution >= 4 is 40.1 Å². The minimum absolute atomic E-state index is 0.106. The molecule has 1 aliphatic rings. The maximum Gasteiger partial charge on any atom is 0.261 e. The van der Waals surface area contributed by atoms with Gasteiger partial charge in [-0.3, -0.25) is 19.3 Å². The second-order valence-electron chi connectivity index (χ2n) is 6.27. The van der Waals surface area contributed by atoms with Gasteiger partial charge in [0, 0.05) is 23.7 Å². The maximum absolute atomic E-state index is 12.6. The van der Waals surface area contributed by atoms with Crippen LogP contribution in [0.2, 0.25) is 5.02 Å². The summed E-state index contributed by atoms with van der Waals surface area (Å²) in [6.07, 6.45) is 0. The van der Waals surface area contributed by atoms with Gasteiger partial charge in [0.05, 0.1) is 11.1 Å². The highest BCUT2D eigenvalue weighted by Gasteiger charge is 2.35. The number of rotatable bonds is 4. The topological polar surface area (TPSA) is 66.5 Å². The number of nitrogens with zero attached hydrogens (tertiary/aromatic N) is 1. The molecule has 4 rings (SSSR count). The van der Waals surface area contributed by atoms with Crippen molar-refractivity contribution in [2.45, 2.75) is 0 Å². The zero-order valence-corrected chi connectivity index (χ0v) is 15.0. The average Bonchev–Trinajstić information content (AvgIpc) is 2.90. The molecule has 0 fully saturated rings. The van der Waals surface area contributed by atoms with Crippen molar-refractivity contribution in [3.8, 4) is 0 Å². The third-order valence-corrected chi connectivity index (χ3v) is 4.78. The Hall–Kier alpha value is -3.18. The lowest BCUT2D eigenvalue weighted by molar-refractivity contribution is 0.0650. The molecule has 0 unspecified atom stereocenters. The van der Waals surface area contributed by atoms with E-state index in [1.165, 1.54) is 4.90 Å². The number of halogens is 1. The first kappa shape index (κ1) is 17.2. The first-order valence-electron chi connectivity index (χ1n) is 8.47. The third kappa shape index (κ3) is 3.17. The number of carbonyl (C=O) groups excluding carboxylic acids is 3. The second kappa shape index (κ2) is 6.85. The molecule has 27 heavy (non-hydrogen) atoms. The molecule has 1 aliphatic heterocycles. The molecule has 5 nitrogen and oxygen atoms in total. The molecule has 0 saturated heterocycles. The average molecular weight is 379 g/mol. The molecular weight excluding hydrogens is 364 g/mol. The van der Waals surface area contributed by atoms with E-state index in [4.69, 9.17) is 11.6 Å². The lowest BCUT2D eigenvalue weighted by Gasteiger charge is -2.14. The SMILES string of the molecule is O=C(NCCN1C(=O)c2cc3ccccc3cc2C1=O)c1cccc(Cl)c1. The van der Waals surface area contributed by atoms with Gasteiger partial charge in [-0.15, -0.1) is 0 Å². The Morgan fingerprint density at radius 1 is 0.889 bits per heavy atom. The van der Waals surface area contributed by atoms with Crippen molar-refractivity contribution in [1.29, 1.82) is 0 Å². The predicted octanol–water partition coefficient (Wildman–Crippen LogP) is 3.52. The van der Waals surface area contributed by atoms with Crippen molar-refractivity contribution in [2.75, 3.05) is 13.1 Å². The monoisotopic (exact) mass is 378 g/mol. The van der Waals surface area contributed by atoms with Crippen LogP contribution >= 0.6 is 11.6 Å². The molecule has 0 atom stereocenters. The third-order valence-electron chi connectivity index (χ3n) is 4.54. The molecule has 3 aromatic carbocycles. The largest absolute Gasteiger partial charge is 0.350 e. The molecular formula is C21H15ClN2O3. The standard InChI is InChI=1S/C21H15ClN2O3/c22-16-7-3-6-15(10-16)19(25)23-8-9-24-20(26)17-11-13-4-1-2-5-14(13)12-18(17)21(24)27/h1-7,10-12H,8-9H2,(H,23,25). The summed E-state index contributed by atoms with van der Waals surface area (Å²) in [7, 11) is 0. The van der Waals surface area contributed by atoms with Crippen molar-refractivity contribution < 1.29 is 14.4 Å². The first-order valence-corrected chi connectivity index (χ1v) is 8.85. The molecule has 0 aromatic heterocycles. The van der Waals surface area contributed by atoms with Gasteiger partial charge >= 0.3 is 0 Å². The Labute approximate surface area is 160 Å². The van der Waals surface area contributed by atoms with E-state index in [-0.39, 0.29) is 30.8 Å². The van der Waals surface area contributed by atoms with Crippen LogP contribution in [-0.4, -0.2) is 35.7 Å². The highest BCUT2D eigenvalue weighted by molar-refractivity contribution is 6.31. The van der Waals surface area contributed by atoms with Gasteiger partial charge in [-0.1, -0.05) is 41.9 Å². The first-order chi connectivity index (χ1) is 13.0. The normalized spacial score (nSPS) is 13.1. The fourth-order valence-corrected chi connectivity index (χ4v) is 3.38. The summed E-state index contributed by atoms with van der Waals surface area (Å²) in [5.74, 6) is -0.977. The van der Waals surface area contributed by atoms with E-state index in [0.29, 0.717) is 21.7 Å². The lowest BCUT2D eigenvalue weighted by Crippen LogP contribution is -2.38. The number of hydrogen-bond acceptors (Lipinski definition) is 3. The smallest absolute Gasteiger partial charge is 0.261 e. The van der Waals surface area contributed by atoms with Crippen LogP contribution in [0.25, 0.3) is 10.8 Å². The summed E-state index contributed by atoms with van der Waals surface area (Å²) in [5.41, 5.74) is 1.23. The number of nitrogens with one attached hydrogen (secondary N) is 1. The number of amides is 3. The van der Waals surface area contributed by atoms with E-state index < -0.39 is 0 Å². The van der Waals surface area contributed by atoms with Crippen LogP contribution in [0.5, 0.6) is 0 Å². The van der Waals surface area contributed by atoms with Crippen molar-refractivity contribution in [3.05, 3.63) is 82.4 Å². The van der Waals surface area contributed by atoms with Crippen molar-refractivity contribution in [3.63, 3.8) is 0 Å². The second-order valence-corrected chi connectivity index (χ2v) is 6.71. The molecule has 134 valence electrons. The van der Waals surface area contributed by atoms with Crippen LogP contribution in [-0.2, 0) is 0 Å². The van der Waals surface area contributed by atoms with Crippen LogP contribution in [0.15, 0.2) is 60.7 Å². The van der Waals surface area contributed by atoms with Gasteiger partial charge in [0.15, 0.2) is 0 Å². The van der Waals surface area contributed by atoms with Crippen LogP contribution in [0.4, 0.5) is 0 Å². The van der Waals surface area contributed by atoms with Gasteiger partial charge in [-0.05, 0) is 41.1 Å². The van der Waals surface area contributed by atoms with E-state index in [2.05, 4.69) is 5.32 Å². The van der Waals surface area contributed by atoms with E-state index in [1.807, 2.05) is 24.3 Å². The van der Waals surface area contributed by atoms with Crippen LogP contribution in [0.3, 0.4) is 0 Å². The summed E-state index contributed by atoms with van der Waals surface area (Å²) >= 11 is 5.88. The minimum atomic E-state index is -0.335. The summed E-state index contributed by atoms with van der Waals surface area (Å²) < 4.78 is 0. The fraction of sp³-hybridized carbons (Fsp3) is 0.0952. The Kier molecular flexibility index (Phi) is 4.38. The summed E-state index contributed by atoms with van der Waals surface area (Å²) in [6, 6.07) is 17.7. The number of benzene rings is 3. The maximum atomic E-state index is 12.6. The molecule has 0 radical (unpaired) electrons. The quantitative estimate of drug-likeness (QED) is 0.706. The number of imide groups is 1. The van der Waals surface area contributed by atoms with Crippen LogP contribution < -0.4 is 5.32 Å². The molecule has 0 bridgehead atoms. The molecule has 0 aliphatic carbocycles. The Morgan fingerprint density at radius 3 is 2.11 bits per heavy atom. The number of hydrogen-bond donors (Lipinski definition) is 1. The highest BCUT2D eigenvalue weighted by Crippen LogP contribution is 2.27. The molecule has 0 spiro atoms. The molecule has 6 heteroatoms. The molecule has 3 aromatic rings. The Morgan fingerprint density at radius 2 is 1.52 bits per heavy atom. The summed E-state index contributed by atoms with van der Waals surface area (Å²) in [4.78, 5) is 38.6. The van der Waals surface area contributed by atoms with E-state index >= 15 is 0 Å². The number of fused-ring (bicyclic) bond motifs is 2. The predicted molar refractivity (Wildman–Crippen MR) is 103 cm³/mol. The Bertz CT molecular complexity index is 1040. The molecule has 0 saturated carbocycles. The van der Waals surface area contributed by atoms with Gasteiger partial charge in [0.25, 0.3) is 17.7 Å². The summed E-state index contributed by atoms with van der Waals surface area (Å²) in [5, 5.41) is 5.00. The van der Waals surface area contributed by atoms with Gasteiger partial charge in [-0.25, -0.2) is 0 Å². The van der Waals surface area contributed by atoms with Gasteiger partial charge < -0.3 is 5.32 Å². The van der Waals surface area contributed by atoms with Crippen molar-refractivity contribution in [1.82, 2.24) is 10.2 Å². The minimum Gasteiger partial charge on any atom is -0.350 e. The summed E-state index contributed by atoms with van der Waals surface area (Å²) in [6.45, 7) is 0.269. The van der Waals surface area contributed by atoms with Gasteiger partial charge in [0.2, 0.25) is 0 Å². The lowest BCUT2D eigenvalue weighted by atomic mass is 10.0. The molecule has 1 heterocycles. The number of carbonyl (C=O) groups is 3. The van der Waals surface area contributed by atoms with E-state index in [1.54, 1.807) is 36.4 Å². The van der Waals surface area contributed by atoms with E-state index in [9.17, 15) is 14.4 Å². The van der Waals surface area contributed by atoms with Crippen molar-refractivity contribution in [2.24, 2.45) is 0 Å². The zero-order chi connectivity index (χ0) is 19.0. The van der Waals surface area contributed by atoms with E-state index in [0.717, 1.165) is 10.8 Å². The molecule has 3 amide bonds. The highest BCUT2D eigenvalue weighted by atomic mass is 35.5. The van der Waals surface area contributed by atoms with Crippen LogP contribution in [0.1, 0.15) is 31.1 Å². The van der Waals surface area contributed by atoms with Gasteiger partial charge in [-0.2, -0.15) is 0 Å². The molecule has 1 N–H and O–H groups in total. The fourth-order valence-electron chi connectivity index (χ4n) is 3.19.